The van der Waals surface area contributed by atoms with E-state index in [4.69, 9.17) is 4.98 Å². The van der Waals surface area contributed by atoms with Crippen LogP contribution in [0, 0.1) is 12.8 Å². The molecule has 1 N–H and O–H groups in total. The zero-order valence-electron chi connectivity index (χ0n) is 21.1. The maximum atomic E-state index is 13.0. The molecule has 6 nitrogen and oxygen atoms in total. The molecule has 0 radical (unpaired) electrons. The third kappa shape index (κ3) is 6.71. The van der Waals surface area contributed by atoms with Crippen LogP contribution in [0.15, 0.2) is 48.5 Å². The first-order chi connectivity index (χ1) is 17.0. The molecule has 1 aromatic heterocycles. The summed E-state index contributed by atoms with van der Waals surface area (Å²) in [6.45, 7) is 7.07. The van der Waals surface area contributed by atoms with Gasteiger partial charge in [-0.25, -0.2) is 4.98 Å². The first-order valence-electron chi connectivity index (χ1n) is 13.0. The number of hydrogen-bond acceptors (Lipinski definition) is 3. The Hall–Kier alpha value is -3.15. The summed E-state index contributed by atoms with van der Waals surface area (Å²) in [6, 6.07) is 16.1. The van der Waals surface area contributed by atoms with Gasteiger partial charge in [-0.15, -0.1) is 0 Å². The minimum Gasteiger partial charge on any atom is -0.356 e. The van der Waals surface area contributed by atoms with Crippen LogP contribution in [0.1, 0.15) is 56.0 Å². The molecule has 35 heavy (non-hydrogen) atoms. The van der Waals surface area contributed by atoms with Gasteiger partial charge >= 0.3 is 0 Å². The molecule has 2 aromatic carbocycles. The Bertz CT molecular complexity index is 1140. The highest BCUT2D eigenvalue weighted by atomic mass is 16.2. The van der Waals surface area contributed by atoms with Crippen molar-refractivity contribution in [2.45, 2.75) is 65.3 Å². The molecule has 6 heteroatoms. The second-order valence-corrected chi connectivity index (χ2v) is 9.93. The molecule has 1 fully saturated rings. The number of piperidine rings is 1. The molecule has 3 aromatic rings. The van der Waals surface area contributed by atoms with E-state index in [1.807, 2.05) is 54.3 Å². The number of para-hydroxylation sites is 2. The molecular weight excluding hydrogens is 436 g/mol. The van der Waals surface area contributed by atoms with Gasteiger partial charge in [0.05, 0.1) is 17.5 Å². The fourth-order valence-electron chi connectivity index (χ4n) is 4.84. The van der Waals surface area contributed by atoms with Gasteiger partial charge in [0.1, 0.15) is 12.4 Å². The van der Waals surface area contributed by atoms with E-state index < -0.39 is 0 Å². The summed E-state index contributed by atoms with van der Waals surface area (Å²) in [5.41, 5.74) is 4.21. The summed E-state index contributed by atoms with van der Waals surface area (Å²) < 4.78 is 2.11. The molecule has 1 saturated heterocycles. The number of carbonyl (C=O) groups excluding carboxylic acids is 2. The molecule has 0 atom stereocenters. The van der Waals surface area contributed by atoms with Gasteiger partial charge in [0, 0.05) is 26.1 Å². The highest BCUT2D eigenvalue weighted by molar-refractivity contribution is 5.81. The van der Waals surface area contributed by atoms with E-state index in [-0.39, 0.29) is 11.8 Å². The summed E-state index contributed by atoms with van der Waals surface area (Å²) in [6.07, 6.45) is 6.36. The number of hydrogen-bond donors (Lipinski definition) is 1. The highest BCUT2D eigenvalue weighted by Gasteiger charge is 2.22. The lowest BCUT2D eigenvalue weighted by molar-refractivity contribution is -0.133. The average molecular weight is 475 g/mol. The lowest BCUT2D eigenvalue weighted by Gasteiger charge is -2.30. The fourth-order valence-corrected chi connectivity index (χ4v) is 4.84. The SMILES string of the molecule is Cc1ccccc1CC(=O)NCCCCCc1nc2ccccc2n1CC(=O)N1CCC(C)CC1. The highest BCUT2D eigenvalue weighted by Crippen LogP contribution is 2.20. The van der Waals surface area contributed by atoms with Crippen molar-refractivity contribution in [3.8, 4) is 0 Å². The third-order valence-corrected chi connectivity index (χ3v) is 7.17. The molecule has 2 amide bonds. The Balaban J connectivity index is 1.26. The number of likely N-dealkylation sites (tertiary alicyclic amines) is 1. The number of rotatable bonds is 10. The number of amides is 2. The van der Waals surface area contributed by atoms with E-state index in [9.17, 15) is 9.59 Å². The van der Waals surface area contributed by atoms with Gasteiger partial charge < -0.3 is 14.8 Å². The molecule has 1 aliphatic heterocycles. The van der Waals surface area contributed by atoms with Gasteiger partial charge in [-0.3, -0.25) is 9.59 Å². The van der Waals surface area contributed by atoms with E-state index in [1.54, 1.807) is 0 Å². The Morgan fingerprint density at radius 1 is 1.00 bits per heavy atom. The van der Waals surface area contributed by atoms with Crippen LogP contribution in [0.25, 0.3) is 11.0 Å². The minimum absolute atomic E-state index is 0.0757. The van der Waals surface area contributed by atoms with Crippen molar-refractivity contribution in [2.75, 3.05) is 19.6 Å². The summed E-state index contributed by atoms with van der Waals surface area (Å²) in [5, 5.41) is 3.05. The van der Waals surface area contributed by atoms with Crippen LogP contribution in [0.3, 0.4) is 0 Å². The summed E-state index contributed by atoms with van der Waals surface area (Å²) in [5.74, 6) is 1.95. The van der Waals surface area contributed by atoms with Crippen LogP contribution in [0.4, 0.5) is 0 Å². The lowest BCUT2D eigenvalue weighted by atomic mass is 9.99. The number of aryl methyl sites for hydroxylation is 2. The van der Waals surface area contributed by atoms with Crippen LogP contribution in [-0.2, 0) is 29.0 Å². The number of imidazole rings is 1. The number of nitrogens with zero attached hydrogens (tertiary/aromatic N) is 3. The van der Waals surface area contributed by atoms with E-state index in [0.717, 1.165) is 79.6 Å². The summed E-state index contributed by atoms with van der Waals surface area (Å²) in [4.78, 5) is 32.1. The van der Waals surface area contributed by atoms with E-state index >= 15 is 0 Å². The topological polar surface area (TPSA) is 67.2 Å². The molecule has 186 valence electrons. The number of benzene rings is 2. The molecule has 0 spiro atoms. The molecular formula is C29H38N4O2. The third-order valence-electron chi connectivity index (χ3n) is 7.17. The van der Waals surface area contributed by atoms with Gasteiger partial charge in [0.25, 0.3) is 0 Å². The van der Waals surface area contributed by atoms with Crippen molar-refractivity contribution in [3.63, 3.8) is 0 Å². The molecule has 0 aliphatic carbocycles. The molecule has 0 saturated carbocycles. The van der Waals surface area contributed by atoms with Gasteiger partial charge in [-0.1, -0.05) is 49.7 Å². The molecule has 1 aliphatic rings. The monoisotopic (exact) mass is 474 g/mol. The first kappa shape index (κ1) is 25.0. The quantitative estimate of drug-likeness (QED) is 0.434. The number of fused-ring (bicyclic) bond motifs is 1. The summed E-state index contributed by atoms with van der Waals surface area (Å²) in [7, 11) is 0. The maximum Gasteiger partial charge on any atom is 0.242 e. The lowest BCUT2D eigenvalue weighted by Crippen LogP contribution is -2.39. The van der Waals surface area contributed by atoms with Crippen LogP contribution in [-0.4, -0.2) is 45.9 Å². The number of carbonyl (C=O) groups is 2. The van der Waals surface area contributed by atoms with Crippen LogP contribution in [0.2, 0.25) is 0 Å². The van der Waals surface area contributed by atoms with Crippen LogP contribution in [0.5, 0.6) is 0 Å². The van der Waals surface area contributed by atoms with Gasteiger partial charge in [-0.05, 0) is 61.8 Å². The summed E-state index contributed by atoms with van der Waals surface area (Å²) >= 11 is 0. The average Bonchev–Trinajstić information content (AvgIpc) is 3.20. The van der Waals surface area contributed by atoms with Crippen molar-refractivity contribution in [1.29, 1.82) is 0 Å². The fraction of sp³-hybridized carbons (Fsp3) is 0.483. The van der Waals surface area contributed by atoms with E-state index in [2.05, 4.69) is 22.9 Å². The minimum atomic E-state index is 0.0757. The largest absolute Gasteiger partial charge is 0.356 e. The Morgan fingerprint density at radius 3 is 2.54 bits per heavy atom. The van der Waals surface area contributed by atoms with Crippen molar-refractivity contribution < 1.29 is 9.59 Å². The predicted molar refractivity (Wildman–Crippen MR) is 140 cm³/mol. The van der Waals surface area contributed by atoms with Crippen molar-refractivity contribution in [3.05, 3.63) is 65.5 Å². The van der Waals surface area contributed by atoms with E-state index in [1.165, 1.54) is 0 Å². The zero-order chi connectivity index (χ0) is 24.6. The van der Waals surface area contributed by atoms with Gasteiger partial charge in [0.2, 0.25) is 11.8 Å². The van der Waals surface area contributed by atoms with E-state index in [0.29, 0.717) is 25.4 Å². The zero-order valence-corrected chi connectivity index (χ0v) is 21.1. The standard InChI is InChI=1S/C29H38N4O2/c1-22-15-18-32(19-16-22)29(35)21-33-26-13-8-7-12-25(26)31-27(33)14-4-3-9-17-30-28(34)20-24-11-6-5-10-23(24)2/h5-8,10-13,22H,3-4,9,14-21H2,1-2H3,(H,30,34). The molecule has 0 unspecified atom stereocenters. The smallest absolute Gasteiger partial charge is 0.242 e. The van der Waals surface area contributed by atoms with Gasteiger partial charge in [0.15, 0.2) is 0 Å². The van der Waals surface area contributed by atoms with Crippen LogP contribution < -0.4 is 5.32 Å². The number of unbranched alkanes of at least 4 members (excludes halogenated alkanes) is 2. The number of aromatic nitrogens is 2. The Kier molecular flexibility index (Phi) is 8.56. The van der Waals surface area contributed by atoms with Gasteiger partial charge in [-0.2, -0.15) is 0 Å². The molecule has 2 heterocycles. The Morgan fingerprint density at radius 2 is 1.74 bits per heavy atom. The number of nitrogens with one attached hydrogen (secondary N) is 1. The van der Waals surface area contributed by atoms with Crippen molar-refractivity contribution in [2.24, 2.45) is 5.92 Å². The first-order valence-corrected chi connectivity index (χ1v) is 13.0. The van der Waals surface area contributed by atoms with Crippen molar-refractivity contribution in [1.82, 2.24) is 19.8 Å². The molecule has 0 bridgehead atoms. The molecule has 4 rings (SSSR count). The second kappa shape index (κ2) is 12.0. The van der Waals surface area contributed by atoms with Crippen molar-refractivity contribution >= 4 is 22.8 Å². The van der Waals surface area contributed by atoms with Crippen LogP contribution >= 0.6 is 0 Å². The normalized spacial score (nSPS) is 14.4. The second-order valence-electron chi connectivity index (χ2n) is 9.93. The predicted octanol–water partition coefficient (Wildman–Crippen LogP) is 4.67. The maximum absolute atomic E-state index is 13.0. The Labute approximate surface area is 208 Å².